The summed E-state index contributed by atoms with van der Waals surface area (Å²) in [6, 6.07) is 7.34. The molecule has 1 amide bonds. The molecule has 3 heterocycles. The van der Waals surface area contributed by atoms with Crippen LogP contribution in [0, 0.1) is 0 Å². The number of oxazole rings is 1. The lowest BCUT2D eigenvalue weighted by atomic mass is 9.82. The molecular formula is C19H22N4O3. The molecule has 1 N–H and O–H groups in total. The Labute approximate surface area is 150 Å². The maximum Gasteiger partial charge on any atom is 0.419 e. The van der Waals surface area contributed by atoms with E-state index >= 15 is 0 Å². The fraction of sp³-hybridized carbons (Fsp3) is 0.421. The Morgan fingerprint density at radius 3 is 2.73 bits per heavy atom. The monoisotopic (exact) mass is 354 g/mol. The molecule has 26 heavy (non-hydrogen) atoms. The van der Waals surface area contributed by atoms with Gasteiger partial charge < -0.3 is 9.73 Å². The van der Waals surface area contributed by atoms with Gasteiger partial charge in [-0.05, 0) is 12.1 Å². The van der Waals surface area contributed by atoms with Crippen LogP contribution in [0.15, 0.2) is 33.5 Å². The molecule has 1 aliphatic rings. The summed E-state index contributed by atoms with van der Waals surface area (Å²) in [4.78, 5) is 24.6. The molecule has 1 aliphatic heterocycles. The molecule has 0 saturated heterocycles. The van der Waals surface area contributed by atoms with Gasteiger partial charge in [-0.3, -0.25) is 14.0 Å². The Bertz CT molecular complexity index is 1060. The lowest BCUT2D eigenvalue weighted by molar-refractivity contribution is -0.117. The molecule has 0 bridgehead atoms. The molecule has 7 heteroatoms. The van der Waals surface area contributed by atoms with Crippen molar-refractivity contribution in [1.82, 2.24) is 14.3 Å². The minimum Gasteiger partial charge on any atom is -0.408 e. The lowest BCUT2D eigenvalue weighted by Crippen LogP contribution is -2.29. The topological polar surface area (TPSA) is 82.1 Å². The number of carbonyl (C=O) groups excluding carboxylic acids is 1. The third-order valence-corrected chi connectivity index (χ3v) is 4.87. The van der Waals surface area contributed by atoms with E-state index in [1.807, 2.05) is 25.2 Å². The minimum absolute atomic E-state index is 0.0631. The van der Waals surface area contributed by atoms with E-state index in [0.717, 1.165) is 22.6 Å². The van der Waals surface area contributed by atoms with E-state index in [9.17, 15) is 9.59 Å². The van der Waals surface area contributed by atoms with Crippen LogP contribution in [0.3, 0.4) is 0 Å². The zero-order chi connectivity index (χ0) is 18.6. The number of rotatable bonds is 2. The van der Waals surface area contributed by atoms with Gasteiger partial charge in [0.15, 0.2) is 5.58 Å². The number of carbonyl (C=O) groups is 1. The van der Waals surface area contributed by atoms with Gasteiger partial charge in [-0.1, -0.05) is 32.9 Å². The van der Waals surface area contributed by atoms with Crippen molar-refractivity contribution in [1.29, 1.82) is 0 Å². The molecule has 136 valence electrons. The summed E-state index contributed by atoms with van der Waals surface area (Å²) >= 11 is 0. The van der Waals surface area contributed by atoms with Gasteiger partial charge in [-0.25, -0.2) is 4.79 Å². The first-order valence-corrected chi connectivity index (χ1v) is 8.71. The van der Waals surface area contributed by atoms with E-state index in [4.69, 9.17) is 4.42 Å². The largest absolute Gasteiger partial charge is 0.419 e. The van der Waals surface area contributed by atoms with Crippen LogP contribution < -0.4 is 11.1 Å². The van der Waals surface area contributed by atoms with Gasteiger partial charge in [-0.2, -0.15) is 5.10 Å². The molecule has 7 nitrogen and oxygen atoms in total. The van der Waals surface area contributed by atoms with Gasteiger partial charge in [0.2, 0.25) is 5.91 Å². The quantitative estimate of drug-likeness (QED) is 0.767. The van der Waals surface area contributed by atoms with E-state index < -0.39 is 5.76 Å². The fourth-order valence-corrected chi connectivity index (χ4v) is 3.70. The van der Waals surface area contributed by atoms with Crippen molar-refractivity contribution in [3.63, 3.8) is 0 Å². The van der Waals surface area contributed by atoms with E-state index in [-0.39, 0.29) is 17.2 Å². The van der Waals surface area contributed by atoms with Gasteiger partial charge in [0.25, 0.3) is 0 Å². The second-order valence-corrected chi connectivity index (χ2v) is 7.88. The standard InChI is InChI=1S/C19H22N4O3/c1-19(2,3)16-15-11(9-14(24)20-17(15)22(4)21-16)10-23-12-7-5-6-8-13(12)26-18(23)25/h5-8,11H,9-10H2,1-4H3,(H,20,24)/t11-/m0/s1. The van der Waals surface area contributed by atoms with Crippen LogP contribution in [0.1, 0.15) is 44.4 Å². The van der Waals surface area contributed by atoms with Gasteiger partial charge in [-0.15, -0.1) is 0 Å². The third kappa shape index (κ3) is 2.55. The van der Waals surface area contributed by atoms with Crippen molar-refractivity contribution in [2.45, 2.75) is 45.1 Å². The van der Waals surface area contributed by atoms with Gasteiger partial charge in [0, 0.05) is 36.9 Å². The molecule has 1 aromatic carbocycles. The summed E-state index contributed by atoms with van der Waals surface area (Å²) in [7, 11) is 1.83. The Morgan fingerprint density at radius 1 is 1.27 bits per heavy atom. The van der Waals surface area contributed by atoms with E-state index in [1.54, 1.807) is 15.3 Å². The van der Waals surface area contributed by atoms with Crippen LogP contribution in [0.25, 0.3) is 11.1 Å². The predicted molar refractivity (Wildman–Crippen MR) is 98.4 cm³/mol. The van der Waals surface area contributed by atoms with Crippen LogP contribution >= 0.6 is 0 Å². The first-order chi connectivity index (χ1) is 12.3. The van der Waals surface area contributed by atoms with Gasteiger partial charge >= 0.3 is 5.76 Å². The summed E-state index contributed by atoms with van der Waals surface area (Å²) in [5.41, 5.74) is 3.08. The lowest BCUT2D eigenvalue weighted by Gasteiger charge is -2.27. The number of nitrogens with one attached hydrogen (secondary N) is 1. The Kier molecular flexibility index (Phi) is 3.57. The highest BCUT2D eigenvalue weighted by molar-refractivity contribution is 5.94. The molecule has 0 fully saturated rings. The summed E-state index contributed by atoms with van der Waals surface area (Å²) in [5, 5.41) is 7.59. The molecule has 2 aromatic heterocycles. The number of anilines is 1. The van der Waals surface area contributed by atoms with E-state index in [2.05, 4.69) is 31.2 Å². The molecule has 1 atom stereocenters. The molecule has 0 spiro atoms. The molecular weight excluding hydrogens is 332 g/mol. The Hall–Kier alpha value is -2.83. The SMILES string of the molecule is Cn1nc(C(C)(C)C)c2c1NC(=O)C[C@H]2Cn1c(=O)oc2ccccc21. The molecule has 0 aliphatic carbocycles. The van der Waals surface area contributed by atoms with Crippen LogP contribution in [-0.2, 0) is 23.8 Å². The minimum atomic E-state index is -0.403. The predicted octanol–water partition coefficient (Wildman–Crippen LogP) is 2.75. The number of amides is 1. The maximum atomic E-state index is 12.4. The average Bonchev–Trinajstić information content (AvgIpc) is 3.05. The summed E-state index contributed by atoms with van der Waals surface area (Å²) < 4.78 is 8.68. The first kappa shape index (κ1) is 16.6. The number of hydrogen-bond acceptors (Lipinski definition) is 4. The zero-order valence-electron chi connectivity index (χ0n) is 15.4. The first-order valence-electron chi connectivity index (χ1n) is 8.71. The van der Waals surface area contributed by atoms with E-state index in [1.165, 1.54) is 0 Å². The smallest absolute Gasteiger partial charge is 0.408 e. The number of para-hydroxylation sites is 2. The number of aromatic nitrogens is 3. The highest BCUT2D eigenvalue weighted by Crippen LogP contribution is 2.40. The van der Waals surface area contributed by atoms with Gasteiger partial charge in [0.05, 0.1) is 11.2 Å². The normalized spacial score (nSPS) is 17.4. The molecule has 3 aromatic rings. The van der Waals surface area contributed by atoms with Crippen molar-refractivity contribution >= 4 is 22.8 Å². The summed E-state index contributed by atoms with van der Waals surface area (Å²) in [6.45, 7) is 6.68. The van der Waals surface area contributed by atoms with E-state index in [0.29, 0.717) is 18.5 Å². The highest BCUT2D eigenvalue weighted by atomic mass is 16.4. The number of nitrogens with zero attached hydrogens (tertiary/aromatic N) is 3. The fourth-order valence-electron chi connectivity index (χ4n) is 3.70. The summed E-state index contributed by atoms with van der Waals surface area (Å²) in [5.74, 6) is 0.115. The van der Waals surface area contributed by atoms with Crippen LogP contribution in [0.5, 0.6) is 0 Å². The number of aryl methyl sites for hydroxylation is 1. The molecule has 0 radical (unpaired) electrons. The van der Waals surface area contributed by atoms with Crippen LogP contribution in [0.4, 0.5) is 5.82 Å². The van der Waals surface area contributed by atoms with Crippen molar-refractivity contribution in [3.05, 3.63) is 46.1 Å². The van der Waals surface area contributed by atoms with Crippen LogP contribution in [0.2, 0.25) is 0 Å². The van der Waals surface area contributed by atoms with Crippen molar-refractivity contribution in [3.8, 4) is 0 Å². The third-order valence-electron chi connectivity index (χ3n) is 4.87. The molecule has 4 rings (SSSR count). The molecule has 0 saturated carbocycles. The van der Waals surface area contributed by atoms with Gasteiger partial charge in [0.1, 0.15) is 5.82 Å². The number of hydrogen-bond donors (Lipinski definition) is 1. The second kappa shape index (κ2) is 5.59. The Morgan fingerprint density at radius 2 is 2.00 bits per heavy atom. The second-order valence-electron chi connectivity index (χ2n) is 7.88. The Balaban J connectivity index is 1.85. The van der Waals surface area contributed by atoms with Crippen molar-refractivity contribution < 1.29 is 9.21 Å². The zero-order valence-corrected chi connectivity index (χ0v) is 15.4. The van der Waals surface area contributed by atoms with Crippen LogP contribution in [-0.4, -0.2) is 20.3 Å². The molecule has 0 unspecified atom stereocenters. The number of fused-ring (bicyclic) bond motifs is 2. The maximum absolute atomic E-state index is 12.4. The highest BCUT2D eigenvalue weighted by Gasteiger charge is 2.36. The summed E-state index contributed by atoms with van der Waals surface area (Å²) in [6.07, 6.45) is 0.313. The number of benzene rings is 1. The average molecular weight is 354 g/mol. The van der Waals surface area contributed by atoms with Crippen molar-refractivity contribution in [2.24, 2.45) is 7.05 Å². The van der Waals surface area contributed by atoms with Crippen molar-refractivity contribution in [2.75, 3.05) is 5.32 Å².